The molecule has 0 aliphatic heterocycles. The monoisotopic (exact) mass is 153 g/mol. The summed E-state index contributed by atoms with van der Waals surface area (Å²) in [5.74, 6) is 0. The normalized spacial score (nSPS) is 12.9. The second-order valence-corrected chi connectivity index (χ2v) is 2.17. The number of allylic oxidation sites excluding steroid dienone is 4. The molecule has 0 saturated heterocycles. The molecule has 0 atom stereocenters. The van der Waals surface area contributed by atoms with Crippen molar-refractivity contribution in [3.05, 3.63) is 46.2 Å². The molecule has 11 heavy (non-hydrogen) atoms. The van der Waals surface area contributed by atoms with E-state index in [1.54, 1.807) is 13.0 Å². The summed E-state index contributed by atoms with van der Waals surface area (Å²) in [6, 6.07) is 0. The molecule has 0 aromatic rings. The van der Waals surface area contributed by atoms with Gasteiger partial charge in [0.2, 0.25) is 6.20 Å². The number of hydrogen-bond acceptors (Lipinski definition) is 2. The van der Waals surface area contributed by atoms with Crippen molar-refractivity contribution >= 4 is 0 Å². The number of rotatable bonds is 3. The Hall–Kier alpha value is -1.38. The predicted molar refractivity (Wildman–Crippen MR) is 44.7 cm³/mol. The minimum absolute atomic E-state index is 0.486. The fourth-order valence-electron chi connectivity index (χ4n) is 0.465. The molecule has 60 valence electrons. The van der Waals surface area contributed by atoms with Crippen LogP contribution in [0, 0.1) is 10.1 Å². The zero-order valence-electron chi connectivity index (χ0n) is 6.70. The molecule has 0 N–H and O–H groups in total. The third kappa shape index (κ3) is 4.08. The molecule has 0 aliphatic rings. The highest BCUT2D eigenvalue weighted by Crippen LogP contribution is 2.04. The van der Waals surface area contributed by atoms with Crippen molar-refractivity contribution in [2.45, 2.75) is 13.8 Å². The number of nitro groups is 1. The first-order chi connectivity index (χ1) is 5.07. The van der Waals surface area contributed by atoms with Gasteiger partial charge in [0, 0.05) is 6.08 Å². The van der Waals surface area contributed by atoms with Crippen molar-refractivity contribution in [3.8, 4) is 0 Å². The van der Waals surface area contributed by atoms with Crippen LogP contribution in [0.2, 0.25) is 0 Å². The van der Waals surface area contributed by atoms with Crippen LogP contribution >= 0.6 is 0 Å². The predicted octanol–water partition coefficient (Wildman–Crippen LogP) is 2.30. The van der Waals surface area contributed by atoms with Crippen LogP contribution in [0.4, 0.5) is 0 Å². The van der Waals surface area contributed by atoms with Crippen LogP contribution in [-0.2, 0) is 0 Å². The van der Waals surface area contributed by atoms with E-state index < -0.39 is 4.92 Å². The van der Waals surface area contributed by atoms with Crippen molar-refractivity contribution < 1.29 is 4.92 Å². The lowest BCUT2D eigenvalue weighted by atomic mass is 10.1. The van der Waals surface area contributed by atoms with Crippen molar-refractivity contribution in [1.82, 2.24) is 0 Å². The molecule has 0 fully saturated rings. The first-order valence-electron chi connectivity index (χ1n) is 3.19. The van der Waals surface area contributed by atoms with E-state index in [9.17, 15) is 10.1 Å². The molecule has 0 aromatic heterocycles. The second kappa shape index (κ2) is 4.44. The van der Waals surface area contributed by atoms with Crippen LogP contribution in [0.1, 0.15) is 13.8 Å². The average molecular weight is 153 g/mol. The maximum Gasteiger partial charge on any atom is 0.234 e. The molecule has 0 bridgehead atoms. The summed E-state index contributed by atoms with van der Waals surface area (Å²) in [4.78, 5) is 9.40. The summed E-state index contributed by atoms with van der Waals surface area (Å²) >= 11 is 0. The van der Waals surface area contributed by atoms with Crippen LogP contribution in [-0.4, -0.2) is 4.92 Å². The molecule has 0 rings (SSSR count). The lowest BCUT2D eigenvalue weighted by Gasteiger charge is -1.92. The Morgan fingerprint density at radius 2 is 2.00 bits per heavy atom. The van der Waals surface area contributed by atoms with Crippen LogP contribution < -0.4 is 0 Å². The summed E-state index contributed by atoms with van der Waals surface area (Å²) in [5.41, 5.74) is 1.81. The third-order valence-corrected chi connectivity index (χ3v) is 1.37. The molecular formula is C8H11NO2. The van der Waals surface area contributed by atoms with E-state index in [1.807, 2.05) is 6.92 Å². The van der Waals surface area contributed by atoms with E-state index in [1.165, 1.54) is 6.08 Å². The summed E-state index contributed by atoms with van der Waals surface area (Å²) in [6.45, 7) is 7.20. The van der Waals surface area contributed by atoms with Crippen molar-refractivity contribution in [3.63, 3.8) is 0 Å². The highest BCUT2D eigenvalue weighted by atomic mass is 16.6. The Morgan fingerprint density at radius 3 is 2.36 bits per heavy atom. The Balaban J connectivity index is 4.38. The lowest BCUT2D eigenvalue weighted by Crippen LogP contribution is -1.83. The van der Waals surface area contributed by atoms with Crippen LogP contribution in [0.5, 0.6) is 0 Å². The minimum Gasteiger partial charge on any atom is -0.259 e. The summed E-state index contributed by atoms with van der Waals surface area (Å²) < 4.78 is 0. The average Bonchev–Trinajstić information content (AvgIpc) is 1.98. The number of nitrogens with zero attached hydrogens (tertiary/aromatic N) is 1. The molecule has 0 amide bonds. The van der Waals surface area contributed by atoms with Gasteiger partial charge in [-0.1, -0.05) is 12.7 Å². The maximum atomic E-state index is 9.89. The summed E-state index contributed by atoms with van der Waals surface area (Å²) in [6.07, 6.45) is 4.04. The Morgan fingerprint density at radius 1 is 1.45 bits per heavy atom. The minimum atomic E-state index is -0.486. The highest BCUT2D eigenvalue weighted by Gasteiger charge is 1.89. The van der Waals surface area contributed by atoms with Gasteiger partial charge in [0.15, 0.2) is 0 Å². The van der Waals surface area contributed by atoms with Crippen LogP contribution in [0.15, 0.2) is 36.1 Å². The Labute approximate surface area is 65.9 Å². The van der Waals surface area contributed by atoms with Gasteiger partial charge in [-0.25, -0.2) is 0 Å². The SMILES string of the molecule is C=C/C(C)=C(/C)C=C[N+](=O)[O-]. The molecule has 0 radical (unpaired) electrons. The van der Waals surface area contributed by atoms with Gasteiger partial charge in [-0.2, -0.15) is 0 Å². The molecular weight excluding hydrogens is 142 g/mol. The van der Waals surface area contributed by atoms with Gasteiger partial charge in [-0.05, 0) is 25.0 Å². The van der Waals surface area contributed by atoms with Crippen LogP contribution in [0.25, 0.3) is 0 Å². The third-order valence-electron chi connectivity index (χ3n) is 1.37. The zero-order chi connectivity index (χ0) is 8.85. The zero-order valence-corrected chi connectivity index (χ0v) is 6.70. The van der Waals surface area contributed by atoms with Crippen LogP contribution in [0.3, 0.4) is 0 Å². The van der Waals surface area contributed by atoms with E-state index in [0.717, 1.165) is 17.3 Å². The first-order valence-corrected chi connectivity index (χ1v) is 3.19. The molecule has 0 spiro atoms. The fraction of sp³-hybridized carbons (Fsp3) is 0.250. The van der Waals surface area contributed by atoms with E-state index in [0.29, 0.717) is 0 Å². The van der Waals surface area contributed by atoms with E-state index >= 15 is 0 Å². The molecule has 0 aliphatic carbocycles. The van der Waals surface area contributed by atoms with Gasteiger partial charge in [0.1, 0.15) is 0 Å². The van der Waals surface area contributed by atoms with E-state index in [4.69, 9.17) is 0 Å². The van der Waals surface area contributed by atoms with Crippen molar-refractivity contribution in [1.29, 1.82) is 0 Å². The van der Waals surface area contributed by atoms with E-state index in [-0.39, 0.29) is 0 Å². The van der Waals surface area contributed by atoms with Gasteiger partial charge in [0.05, 0.1) is 4.92 Å². The van der Waals surface area contributed by atoms with Gasteiger partial charge >= 0.3 is 0 Å². The van der Waals surface area contributed by atoms with E-state index in [2.05, 4.69) is 6.58 Å². The standard InChI is InChI=1S/C8H11NO2/c1-4-7(2)8(3)5-6-9(10)11/h4-6H,1H2,2-3H3/b6-5?,8-7-. The van der Waals surface area contributed by atoms with Gasteiger partial charge in [0.25, 0.3) is 0 Å². The largest absolute Gasteiger partial charge is 0.259 e. The molecule has 3 nitrogen and oxygen atoms in total. The molecule has 3 heteroatoms. The molecule has 0 heterocycles. The quantitative estimate of drug-likeness (QED) is 0.354. The summed E-state index contributed by atoms with van der Waals surface area (Å²) in [7, 11) is 0. The van der Waals surface area contributed by atoms with Gasteiger partial charge < -0.3 is 0 Å². The Kier molecular flexibility index (Phi) is 3.88. The molecule has 0 unspecified atom stereocenters. The van der Waals surface area contributed by atoms with Crippen molar-refractivity contribution in [2.75, 3.05) is 0 Å². The summed E-state index contributed by atoms with van der Waals surface area (Å²) in [5, 5.41) is 9.89. The van der Waals surface area contributed by atoms with Gasteiger partial charge in [-0.15, -0.1) is 0 Å². The first kappa shape index (κ1) is 9.62. The smallest absolute Gasteiger partial charge is 0.234 e. The van der Waals surface area contributed by atoms with Crippen molar-refractivity contribution in [2.24, 2.45) is 0 Å². The lowest BCUT2D eigenvalue weighted by molar-refractivity contribution is -0.402. The number of hydrogen-bond donors (Lipinski definition) is 0. The Bertz CT molecular complexity index is 226. The molecule has 0 saturated carbocycles. The maximum absolute atomic E-state index is 9.89. The second-order valence-electron chi connectivity index (χ2n) is 2.17. The van der Waals surface area contributed by atoms with Gasteiger partial charge in [-0.3, -0.25) is 10.1 Å². The fourth-order valence-corrected chi connectivity index (χ4v) is 0.465. The topological polar surface area (TPSA) is 43.1 Å². The molecule has 0 aromatic carbocycles. The highest BCUT2D eigenvalue weighted by molar-refractivity contribution is 5.27.